The van der Waals surface area contributed by atoms with E-state index in [1.165, 1.54) is 173 Å². The van der Waals surface area contributed by atoms with Crippen molar-refractivity contribution in [2.24, 2.45) is 34.5 Å². The number of unbranched alkanes of at least 4 members (excludes halogenated alkanes) is 20. The molecular formula is C110H176O8. The summed E-state index contributed by atoms with van der Waals surface area (Å²) in [5.41, 5.74) is 13.6. The van der Waals surface area contributed by atoms with Crippen molar-refractivity contribution in [3.05, 3.63) is 196 Å². The van der Waals surface area contributed by atoms with Gasteiger partial charge in [0.05, 0.1) is 49.8 Å². The Kier molecular flexibility index (Phi) is 49.1. The molecule has 3 aliphatic rings. The summed E-state index contributed by atoms with van der Waals surface area (Å²) in [5, 5.41) is 23.2. The van der Waals surface area contributed by atoms with Crippen LogP contribution >= 0.6 is 0 Å². The zero-order valence-corrected chi connectivity index (χ0v) is 79.7. The fourth-order valence-electron chi connectivity index (χ4n) is 17.6. The van der Waals surface area contributed by atoms with Crippen molar-refractivity contribution in [2.75, 3.05) is 14.2 Å². The molecule has 8 heteroatoms. The maximum absolute atomic E-state index is 15.2. The molecular weight excluding hydrogens is 1450 g/mol. The van der Waals surface area contributed by atoms with Gasteiger partial charge in [-0.2, -0.15) is 0 Å². The average Bonchev–Trinajstić information content (AvgIpc) is 0.854. The molecule has 2 aliphatic carbocycles. The van der Waals surface area contributed by atoms with E-state index in [9.17, 15) is 10.2 Å². The lowest BCUT2D eigenvalue weighted by Gasteiger charge is -2.44. The van der Waals surface area contributed by atoms with Crippen LogP contribution in [0.3, 0.4) is 0 Å². The largest absolute Gasteiger partial charge is 0.504 e. The van der Waals surface area contributed by atoms with E-state index in [0.29, 0.717) is 30.4 Å². The molecule has 0 spiro atoms. The van der Waals surface area contributed by atoms with Gasteiger partial charge in [-0.05, 0) is 242 Å². The third kappa shape index (κ3) is 38.7. The summed E-state index contributed by atoms with van der Waals surface area (Å²) in [7, 11) is 3.23. The second-order valence-electron chi connectivity index (χ2n) is 38.9. The van der Waals surface area contributed by atoms with Crippen LogP contribution in [0.5, 0.6) is 17.2 Å². The Balaban J connectivity index is 1.54. The first-order valence-corrected chi connectivity index (χ1v) is 47.3. The zero-order chi connectivity index (χ0) is 87.4. The molecule has 1 aliphatic heterocycles. The lowest BCUT2D eigenvalue weighted by molar-refractivity contribution is -0.214. The van der Waals surface area contributed by atoms with Crippen molar-refractivity contribution in [3.8, 4) is 17.2 Å². The normalized spacial score (nSPS) is 20.5. The van der Waals surface area contributed by atoms with Gasteiger partial charge >= 0.3 is 0 Å². The van der Waals surface area contributed by atoms with Crippen LogP contribution in [0.2, 0.25) is 0 Å². The molecule has 0 aromatic heterocycles. The van der Waals surface area contributed by atoms with Crippen LogP contribution in [0.25, 0.3) is 0 Å². The Morgan fingerprint density at radius 2 is 1.00 bits per heavy atom. The van der Waals surface area contributed by atoms with E-state index in [2.05, 4.69) is 223 Å². The summed E-state index contributed by atoms with van der Waals surface area (Å²) < 4.78 is 33.7. The number of hydrogen-bond acceptors (Lipinski definition) is 8. The third-order valence-corrected chi connectivity index (χ3v) is 27.0. The SMILES string of the molecule is C=C(C)C(C)CCC(=C)C(C)CCC(C)(O)C1CCC(C(C)(CCC(C)C(=C)CCC(C)C(=C)C)OC(CCCCCCCCCCCCCCCCCCCc2cc(OC)cc(OC)c2O)C(CCCCCCC)OC2CC(C)(C)C(/C=C/C(C)=C/C=C/C(C)=C/C=C/C=C(C)/C=C/C=C(C)/C=C/C3=C(C)CCCC3(C)C)=C(C)C2=O)O1. The fraction of sp³-hybridized carbons (Fsp3) is 0.664. The predicted molar refractivity (Wildman–Crippen MR) is 511 cm³/mol. The molecule has 1 heterocycles. The number of aliphatic hydroxyl groups is 1. The van der Waals surface area contributed by atoms with E-state index >= 15 is 4.79 Å². The number of ether oxygens (including phenoxy) is 5. The second-order valence-corrected chi connectivity index (χ2v) is 38.9. The number of carbonyl (C=O) groups excluding carboxylic acids is 1. The quantitative estimate of drug-likeness (QED) is 0.0378. The number of phenolic OH excluding ortho intramolecular Hbond substituents is 1. The smallest absolute Gasteiger partial charge is 0.187 e. The average molecular weight is 1630 g/mol. The summed E-state index contributed by atoms with van der Waals surface area (Å²) in [4.78, 5) is 15.2. The van der Waals surface area contributed by atoms with Gasteiger partial charge in [0.25, 0.3) is 0 Å². The fourth-order valence-corrected chi connectivity index (χ4v) is 17.6. The number of aromatic hydroxyl groups is 1. The molecule has 1 aromatic rings. The first kappa shape index (κ1) is 105. The molecule has 1 fully saturated rings. The minimum atomic E-state index is -1.03. The monoisotopic (exact) mass is 1630 g/mol. The Morgan fingerprint density at radius 3 is 1.48 bits per heavy atom. The highest BCUT2D eigenvalue weighted by atomic mass is 16.6. The molecule has 11 unspecified atom stereocenters. The maximum Gasteiger partial charge on any atom is 0.187 e. The number of allylic oxidation sites excluding steroid dienone is 25. The van der Waals surface area contributed by atoms with Crippen molar-refractivity contribution >= 4 is 5.78 Å². The van der Waals surface area contributed by atoms with Crippen molar-refractivity contribution in [1.29, 1.82) is 0 Å². The summed E-state index contributed by atoms with van der Waals surface area (Å²) >= 11 is 0. The Bertz CT molecular complexity index is 3570. The number of phenols is 1. The molecule has 0 amide bonds. The number of ketones is 1. The van der Waals surface area contributed by atoms with Crippen molar-refractivity contribution in [2.45, 2.75) is 424 Å². The van der Waals surface area contributed by atoms with Crippen LogP contribution in [0.4, 0.5) is 0 Å². The van der Waals surface area contributed by atoms with Gasteiger partial charge in [-0.3, -0.25) is 4.79 Å². The Labute approximate surface area is 725 Å². The standard InChI is InChI=1S/C110H176O8/c1-26-27-28-42-46-61-99(116-102-80-108(20,21)98(94(17)105(102)111)70-64-86(9)58-51-56-84(7)54-49-48-53-83(6)55-50-57-85(8)63-69-97-93(16)59-52-75-107(97,18)19)100(62-47-44-41-39-37-35-33-31-29-30-32-34-36-38-40-43-45-60-95-78-96(114-24)79-101(115-25)106(95)112)118-110(23,77-74-92(15)90(13)68-66-88(11)82(4)5)104-72-71-103(117-104)109(22,113)76-73-91(14)89(12)67-65-87(10)81(2)3/h48-51,53-58,63-64,69-70,78-79,87-88,91-92,99-100,102-104,112-113H,2,4,12-13,26-47,52,59-62,65-68,71-77,80H2,1,3,5-11,14-25H3/b49-48+,55-50+,56-51+,69-63+,70-64+,83-53+,84-54+,85-57+,86-58+. The number of Topliss-reactive ketones (excluding diaryl/α,β-unsaturated/α-hetero) is 1. The molecule has 1 aromatic carbocycles. The number of rotatable bonds is 61. The number of carbonyl (C=O) groups is 1. The summed E-state index contributed by atoms with van der Waals surface area (Å²) in [6.45, 7) is 60.0. The van der Waals surface area contributed by atoms with Gasteiger partial charge in [0, 0.05) is 11.6 Å². The zero-order valence-electron chi connectivity index (χ0n) is 79.7. The number of hydrogen-bond donors (Lipinski definition) is 2. The van der Waals surface area contributed by atoms with Crippen molar-refractivity contribution < 1.29 is 38.7 Å². The minimum Gasteiger partial charge on any atom is -0.504 e. The van der Waals surface area contributed by atoms with Crippen LogP contribution in [0.15, 0.2) is 190 Å². The van der Waals surface area contributed by atoms with Crippen LogP contribution < -0.4 is 9.47 Å². The van der Waals surface area contributed by atoms with Gasteiger partial charge in [-0.25, -0.2) is 0 Å². The van der Waals surface area contributed by atoms with Crippen molar-refractivity contribution in [1.82, 2.24) is 0 Å². The van der Waals surface area contributed by atoms with Gasteiger partial charge in [0.15, 0.2) is 17.3 Å². The summed E-state index contributed by atoms with van der Waals surface area (Å²) in [5.74, 6) is 2.94. The van der Waals surface area contributed by atoms with Gasteiger partial charge in [0.1, 0.15) is 11.9 Å². The van der Waals surface area contributed by atoms with E-state index in [1.807, 2.05) is 19.9 Å². The molecule has 0 bridgehead atoms. The van der Waals surface area contributed by atoms with E-state index in [4.69, 9.17) is 30.3 Å². The van der Waals surface area contributed by atoms with Gasteiger partial charge in [0.2, 0.25) is 0 Å². The van der Waals surface area contributed by atoms with Crippen LogP contribution in [-0.2, 0) is 25.4 Å². The topological polar surface area (TPSA) is 104 Å². The van der Waals surface area contributed by atoms with E-state index in [1.54, 1.807) is 20.3 Å². The minimum absolute atomic E-state index is 0.0806. The summed E-state index contributed by atoms with van der Waals surface area (Å²) in [6.07, 6.45) is 70.8. The molecule has 2 N–H and O–H groups in total. The van der Waals surface area contributed by atoms with Gasteiger partial charge in [-0.15, -0.1) is 0 Å². The molecule has 8 nitrogen and oxygen atoms in total. The number of methoxy groups -OCH3 is 2. The predicted octanol–water partition coefficient (Wildman–Crippen LogP) is 31.9. The molecule has 664 valence electrons. The second kappa shape index (κ2) is 55.4. The van der Waals surface area contributed by atoms with Crippen LogP contribution in [0, 0.1) is 34.5 Å². The molecule has 4 rings (SSSR count). The van der Waals surface area contributed by atoms with E-state index in [0.717, 1.165) is 143 Å². The Hall–Kier alpha value is -5.77. The van der Waals surface area contributed by atoms with Crippen molar-refractivity contribution in [3.63, 3.8) is 0 Å². The molecule has 0 saturated carbocycles. The number of benzene rings is 1. The molecule has 0 radical (unpaired) electrons. The Morgan fingerprint density at radius 1 is 0.551 bits per heavy atom. The highest BCUT2D eigenvalue weighted by molar-refractivity contribution is 6.00. The molecule has 118 heavy (non-hydrogen) atoms. The van der Waals surface area contributed by atoms with Crippen LogP contribution in [-0.4, -0.2) is 71.9 Å². The highest BCUT2D eigenvalue weighted by Gasteiger charge is 2.49. The molecule has 1 saturated heterocycles. The molecule has 11 atom stereocenters. The lowest BCUT2D eigenvalue weighted by Crippen LogP contribution is -2.51. The summed E-state index contributed by atoms with van der Waals surface area (Å²) in [6, 6.07) is 3.66. The van der Waals surface area contributed by atoms with E-state index in [-0.39, 0.29) is 58.6 Å². The van der Waals surface area contributed by atoms with E-state index < -0.39 is 17.3 Å². The third-order valence-electron chi connectivity index (χ3n) is 27.0. The lowest BCUT2D eigenvalue weighted by atomic mass is 9.70. The van der Waals surface area contributed by atoms with Gasteiger partial charge in [-0.1, -0.05) is 359 Å². The highest BCUT2D eigenvalue weighted by Crippen LogP contribution is 2.46. The maximum atomic E-state index is 15.2. The van der Waals surface area contributed by atoms with Crippen LogP contribution in [0.1, 0.15) is 381 Å². The number of aryl methyl sites for hydroxylation is 1. The van der Waals surface area contributed by atoms with Gasteiger partial charge < -0.3 is 33.9 Å². The first-order chi connectivity index (χ1) is 56.0. The first-order valence-electron chi connectivity index (χ1n) is 47.3.